The molecule has 2 rings (SSSR count). The quantitative estimate of drug-likeness (QED) is 0.837. The summed E-state index contributed by atoms with van der Waals surface area (Å²) in [7, 11) is 3.35. The molecule has 1 aliphatic rings. The van der Waals surface area contributed by atoms with E-state index in [9.17, 15) is 14.4 Å². The van der Waals surface area contributed by atoms with Crippen molar-refractivity contribution in [1.82, 2.24) is 10.2 Å². The lowest BCUT2D eigenvalue weighted by Crippen LogP contribution is -2.26. The summed E-state index contributed by atoms with van der Waals surface area (Å²) in [4.78, 5) is 35.8. The van der Waals surface area contributed by atoms with Crippen molar-refractivity contribution in [3.05, 3.63) is 35.4 Å². The van der Waals surface area contributed by atoms with E-state index in [1.165, 1.54) is 4.90 Å². The highest BCUT2D eigenvalue weighted by Gasteiger charge is 2.48. The van der Waals surface area contributed by atoms with Crippen LogP contribution in [-0.4, -0.2) is 41.9 Å². The molecule has 1 aromatic carbocycles. The maximum Gasteiger partial charge on any atom is 0.307 e. The smallest absolute Gasteiger partial charge is 0.307 e. The first kappa shape index (κ1) is 15.0. The fourth-order valence-corrected chi connectivity index (χ4v) is 2.15. The minimum absolute atomic E-state index is 0.101. The van der Waals surface area contributed by atoms with Crippen molar-refractivity contribution in [2.75, 3.05) is 14.1 Å². The van der Waals surface area contributed by atoms with Crippen LogP contribution < -0.4 is 5.32 Å². The summed E-state index contributed by atoms with van der Waals surface area (Å²) in [6.07, 6.45) is 0.403. The maximum atomic E-state index is 11.8. The zero-order valence-corrected chi connectivity index (χ0v) is 12.0. The Morgan fingerprint density at radius 3 is 2.57 bits per heavy atom. The fourth-order valence-electron chi connectivity index (χ4n) is 2.15. The van der Waals surface area contributed by atoms with Gasteiger partial charge in [-0.25, -0.2) is 0 Å². The van der Waals surface area contributed by atoms with Gasteiger partial charge in [-0.3, -0.25) is 14.4 Å². The Kier molecular flexibility index (Phi) is 4.26. The van der Waals surface area contributed by atoms with Gasteiger partial charge in [-0.15, -0.1) is 0 Å². The zero-order chi connectivity index (χ0) is 15.6. The van der Waals surface area contributed by atoms with Gasteiger partial charge in [0.25, 0.3) is 5.91 Å². The summed E-state index contributed by atoms with van der Waals surface area (Å²) < 4.78 is 0. The Morgan fingerprint density at radius 2 is 2.00 bits per heavy atom. The summed E-state index contributed by atoms with van der Waals surface area (Å²) in [5.74, 6) is -2.24. The van der Waals surface area contributed by atoms with Crippen molar-refractivity contribution in [1.29, 1.82) is 0 Å². The largest absolute Gasteiger partial charge is 0.481 e. The number of nitrogens with one attached hydrogen (secondary N) is 1. The number of benzene rings is 1. The highest BCUT2D eigenvalue weighted by Crippen LogP contribution is 2.38. The van der Waals surface area contributed by atoms with Gasteiger partial charge >= 0.3 is 5.97 Å². The van der Waals surface area contributed by atoms with Crippen LogP contribution in [0.4, 0.5) is 0 Å². The third kappa shape index (κ3) is 3.59. The molecule has 0 spiro atoms. The molecule has 2 unspecified atom stereocenters. The van der Waals surface area contributed by atoms with Crippen molar-refractivity contribution < 1.29 is 19.5 Å². The Bertz CT molecular complexity index is 583. The van der Waals surface area contributed by atoms with E-state index in [4.69, 9.17) is 5.11 Å². The molecule has 1 aromatic rings. The van der Waals surface area contributed by atoms with Crippen LogP contribution in [0.15, 0.2) is 24.3 Å². The number of nitrogens with zero attached hydrogens (tertiary/aromatic N) is 1. The van der Waals surface area contributed by atoms with Gasteiger partial charge in [-0.1, -0.05) is 12.1 Å². The van der Waals surface area contributed by atoms with E-state index in [-0.39, 0.29) is 18.4 Å². The third-order valence-electron chi connectivity index (χ3n) is 3.49. The average Bonchev–Trinajstić information content (AvgIpc) is 3.24. The average molecular weight is 290 g/mol. The van der Waals surface area contributed by atoms with Crippen LogP contribution in [-0.2, 0) is 16.1 Å². The Labute approximate surface area is 122 Å². The van der Waals surface area contributed by atoms with E-state index in [0.29, 0.717) is 12.0 Å². The topological polar surface area (TPSA) is 86.7 Å². The third-order valence-corrected chi connectivity index (χ3v) is 3.49. The van der Waals surface area contributed by atoms with Gasteiger partial charge in [0.05, 0.1) is 11.8 Å². The van der Waals surface area contributed by atoms with Crippen molar-refractivity contribution in [3.63, 3.8) is 0 Å². The molecule has 0 radical (unpaired) electrons. The van der Waals surface area contributed by atoms with Gasteiger partial charge < -0.3 is 15.3 Å². The van der Waals surface area contributed by atoms with Crippen molar-refractivity contribution in [2.45, 2.75) is 13.0 Å². The Hall–Kier alpha value is -2.37. The molecule has 0 heterocycles. The summed E-state index contributed by atoms with van der Waals surface area (Å²) in [5.41, 5.74) is 1.37. The molecule has 0 aliphatic heterocycles. The molecule has 2 atom stereocenters. The fraction of sp³-hybridized carbons (Fsp3) is 0.400. The molecule has 1 saturated carbocycles. The van der Waals surface area contributed by atoms with E-state index in [1.807, 2.05) is 6.07 Å². The number of rotatable bonds is 5. The van der Waals surface area contributed by atoms with E-state index >= 15 is 0 Å². The normalized spacial score (nSPS) is 19.7. The first-order chi connectivity index (χ1) is 9.90. The highest BCUT2D eigenvalue weighted by molar-refractivity contribution is 5.94. The number of carboxylic acids is 1. The summed E-state index contributed by atoms with van der Waals surface area (Å²) in [6, 6.07) is 7.02. The molecule has 1 aliphatic carbocycles. The van der Waals surface area contributed by atoms with Crippen LogP contribution in [0.3, 0.4) is 0 Å². The molecular formula is C15H18N2O4. The molecule has 1 fully saturated rings. The number of hydrogen-bond donors (Lipinski definition) is 2. The summed E-state index contributed by atoms with van der Waals surface area (Å²) >= 11 is 0. The molecule has 6 heteroatoms. The molecule has 2 amide bonds. The number of hydrogen-bond acceptors (Lipinski definition) is 3. The lowest BCUT2D eigenvalue weighted by atomic mass is 10.1. The second-order valence-electron chi connectivity index (χ2n) is 5.40. The van der Waals surface area contributed by atoms with E-state index in [1.54, 1.807) is 32.3 Å². The predicted octanol–water partition coefficient (Wildman–Crippen LogP) is 0.725. The number of carboxylic acid groups (broad SMARTS) is 1. The summed E-state index contributed by atoms with van der Waals surface area (Å²) in [5, 5.41) is 11.5. The van der Waals surface area contributed by atoms with Gasteiger partial charge in [0.2, 0.25) is 5.91 Å². The minimum atomic E-state index is -0.922. The number of carbonyl (C=O) groups excluding carboxylic acids is 2. The molecule has 2 N–H and O–H groups in total. The van der Waals surface area contributed by atoms with Crippen molar-refractivity contribution in [2.24, 2.45) is 11.8 Å². The van der Waals surface area contributed by atoms with E-state index in [0.717, 1.165) is 5.56 Å². The molecule has 0 aromatic heterocycles. The van der Waals surface area contributed by atoms with Crippen LogP contribution >= 0.6 is 0 Å². The predicted molar refractivity (Wildman–Crippen MR) is 75.5 cm³/mol. The van der Waals surface area contributed by atoms with Crippen LogP contribution in [0.2, 0.25) is 0 Å². The molecule has 6 nitrogen and oxygen atoms in total. The van der Waals surface area contributed by atoms with Gasteiger partial charge in [0, 0.05) is 26.2 Å². The molecule has 0 saturated heterocycles. The monoisotopic (exact) mass is 290 g/mol. The zero-order valence-electron chi connectivity index (χ0n) is 12.0. The van der Waals surface area contributed by atoms with Gasteiger partial charge in [-0.2, -0.15) is 0 Å². The van der Waals surface area contributed by atoms with Crippen LogP contribution in [0.25, 0.3) is 0 Å². The van der Waals surface area contributed by atoms with E-state index in [2.05, 4.69) is 5.32 Å². The van der Waals surface area contributed by atoms with Gasteiger partial charge in [0.1, 0.15) is 0 Å². The number of amides is 2. The Morgan fingerprint density at radius 1 is 1.29 bits per heavy atom. The lowest BCUT2D eigenvalue weighted by molar-refractivity contribution is -0.140. The Balaban J connectivity index is 1.92. The van der Waals surface area contributed by atoms with Crippen molar-refractivity contribution >= 4 is 17.8 Å². The standard InChI is InChI=1S/C15H18N2O4/c1-17(2)14(19)10-5-3-4-9(6-10)8-16-13(18)11-7-12(11)15(20)21/h3-6,11-12H,7-8H2,1-2H3,(H,16,18)(H,20,21). The molecule has 0 bridgehead atoms. The molecule has 112 valence electrons. The SMILES string of the molecule is CN(C)C(=O)c1cccc(CNC(=O)C2CC2C(=O)O)c1. The van der Waals surface area contributed by atoms with Crippen LogP contribution in [0.1, 0.15) is 22.3 Å². The number of carbonyl (C=O) groups is 3. The maximum absolute atomic E-state index is 11.8. The molecular weight excluding hydrogens is 272 g/mol. The number of aliphatic carboxylic acids is 1. The van der Waals surface area contributed by atoms with Crippen molar-refractivity contribution in [3.8, 4) is 0 Å². The van der Waals surface area contributed by atoms with Crippen LogP contribution in [0.5, 0.6) is 0 Å². The van der Waals surface area contributed by atoms with E-state index < -0.39 is 17.8 Å². The summed E-state index contributed by atoms with van der Waals surface area (Å²) in [6.45, 7) is 0.288. The van der Waals surface area contributed by atoms with Gasteiger partial charge in [0.15, 0.2) is 0 Å². The highest BCUT2D eigenvalue weighted by atomic mass is 16.4. The second kappa shape index (κ2) is 5.95. The minimum Gasteiger partial charge on any atom is -0.481 e. The second-order valence-corrected chi connectivity index (χ2v) is 5.40. The lowest BCUT2D eigenvalue weighted by Gasteiger charge is -2.11. The van der Waals surface area contributed by atoms with Crippen LogP contribution in [0, 0.1) is 11.8 Å². The first-order valence-electron chi connectivity index (χ1n) is 6.71. The molecule has 21 heavy (non-hydrogen) atoms. The first-order valence-corrected chi connectivity index (χ1v) is 6.71. The van der Waals surface area contributed by atoms with Gasteiger partial charge in [-0.05, 0) is 24.1 Å².